The van der Waals surface area contributed by atoms with Gasteiger partial charge in [0.1, 0.15) is 11.9 Å². The van der Waals surface area contributed by atoms with E-state index in [2.05, 4.69) is 5.32 Å². The van der Waals surface area contributed by atoms with Crippen LogP contribution in [0, 0.1) is 11.7 Å². The zero-order valence-electron chi connectivity index (χ0n) is 12.4. The standard InChI is InChI=1S/C16H21FN2O2/c1-11(2)9-14-16(21)19(8-7-15(20)18-14)10-12-3-5-13(17)6-4-12/h3-6,11,14H,7-10H2,1-2H3,(H,18,20). The molecule has 1 fully saturated rings. The number of benzene rings is 1. The molecular formula is C16H21FN2O2. The van der Waals surface area contributed by atoms with E-state index in [1.165, 1.54) is 12.1 Å². The van der Waals surface area contributed by atoms with Gasteiger partial charge < -0.3 is 10.2 Å². The first-order chi connectivity index (χ1) is 9.95. The Morgan fingerprint density at radius 3 is 2.57 bits per heavy atom. The second kappa shape index (κ2) is 6.70. The van der Waals surface area contributed by atoms with Gasteiger partial charge in [0.25, 0.3) is 0 Å². The van der Waals surface area contributed by atoms with Gasteiger partial charge >= 0.3 is 0 Å². The number of rotatable bonds is 4. The van der Waals surface area contributed by atoms with E-state index in [4.69, 9.17) is 0 Å². The van der Waals surface area contributed by atoms with Crippen molar-refractivity contribution in [2.45, 2.75) is 39.3 Å². The van der Waals surface area contributed by atoms with Crippen molar-refractivity contribution in [3.63, 3.8) is 0 Å². The summed E-state index contributed by atoms with van der Waals surface area (Å²) in [7, 11) is 0. The molecule has 0 saturated carbocycles. The first-order valence-electron chi connectivity index (χ1n) is 7.28. The quantitative estimate of drug-likeness (QED) is 0.924. The van der Waals surface area contributed by atoms with Crippen LogP contribution in [0.2, 0.25) is 0 Å². The third-order valence-electron chi connectivity index (χ3n) is 3.55. The molecule has 114 valence electrons. The van der Waals surface area contributed by atoms with Crippen LogP contribution in [0.3, 0.4) is 0 Å². The number of hydrogen-bond donors (Lipinski definition) is 1. The summed E-state index contributed by atoms with van der Waals surface area (Å²) in [5.74, 6) is -0.116. The average Bonchev–Trinajstić information content (AvgIpc) is 2.54. The van der Waals surface area contributed by atoms with Crippen molar-refractivity contribution in [3.8, 4) is 0 Å². The lowest BCUT2D eigenvalue weighted by Crippen LogP contribution is -2.45. The minimum Gasteiger partial charge on any atom is -0.344 e. The fourth-order valence-corrected chi connectivity index (χ4v) is 2.49. The van der Waals surface area contributed by atoms with Gasteiger partial charge in [-0.25, -0.2) is 4.39 Å². The summed E-state index contributed by atoms with van der Waals surface area (Å²) < 4.78 is 12.9. The summed E-state index contributed by atoms with van der Waals surface area (Å²) in [6.45, 7) is 4.85. The molecule has 4 nitrogen and oxygen atoms in total. The van der Waals surface area contributed by atoms with E-state index in [9.17, 15) is 14.0 Å². The van der Waals surface area contributed by atoms with Crippen LogP contribution in [0.25, 0.3) is 0 Å². The zero-order valence-corrected chi connectivity index (χ0v) is 12.4. The van der Waals surface area contributed by atoms with Crippen LogP contribution in [-0.2, 0) is 16.1 Å². The van der Waals surface area contributed by atoms with E-state index in [0.29, 0.717) is 31.8 Å². The Morgan fingerprint density at radius 1 is 1.29 bits per heavy atom. The van der Waals surface area contributed by atoms with Gasteiger partial charge in [-0.2, -0.15) is 0 Å². The Hall–Kier alpha value is -1.91. The second-order valence-corrected chi connectivity index (χ2v) is 5.89. The molecule has 5 heteroatoms. The van der Waals surface area contributed by atoms with Gasteiger partial charge in [-0.1, -0.05) is 26.0 Å². The zero-order chi connectivity index (χ0) is 15.4. The molecule has 1 aliphatic rings. The molecule has 2 amide bonds. The molecule has 2 rings (SSSR count). The van der Waals surface area contributed by atoms with Crippen molar-refractivity contribution in [2.24, 2.45) is 5.92 Å². The summed E-state index contributed by atoms with van der Waals surface area (Å²) in [6.07, 6.45) is 0.937. The molecule has 0 aliphatic carbocycles. The summed E-state index contributed by atoms with van der Waals surface area (Å²) in [6, 6.07) is 5.64. The fraction of sp³-hybridized carbons (Fsp3) is 0.500. The molecule has 0 radical (unpaired) electrons. The molecule has 1 N–H and O–H groups in total. The van der Waals surface area contributed by atoms with E-state index in [-0.39, 0.29) is 17.6 Å². The Kier molecular flexibility index (Phi) is 4.94. The Labute approximate surface area is 124 Å². The first kappa shape index (κ1) is 15.5. The predicted octanol–water partition coefficient (Wildman–Crippen LogP) is 2.09. The molecule has 1 aliphatic heterocycles. The van der Waals surface area contributed by atoms with E-state index in [1.807, 2.05) is 13.8 Å². The second-order valence-electron chi connectivity index (χ2n) is 5.89. The number of nitrogens with one attached hydrogen (secondary N) is 1. The number of carbonyl (C=O) groups is 2. The molecular weight excluding hydrogens is 271 g/mol. The van der Waals surface area contributed by atoms with Crippen molar-refractivity contribution in [3.05, 3.63) is 35.6 Å². The summed E-state index contributed by atoms with van der Waals surface area (Å²) >= 11 is 0. The Balaban J connectivity index is 2.11. The maximum atomic E-state index is 12.9. The third-order valence-corrected chi connectivity index (χ3v) is 3.55. The topological polar surface area (TPSA) is 49.4 Å². The normalized spacial score (nSPS) is 19.6. The van der Waals surface area contributed by atoms with Crippen LogP contribution in [0.15, 0.2) is 24.3 Å². The van der Waals surface area contributed by atoms with Crippen LogP contribution in [0.4, 0.5) is 4.39 Å². The maximum Gasteiger partial charge on any atom is 0.245 e. The lowest BCUT2D eigenvalue weighted by Gasteiger charge is -2.25. The van der Waals surface area contributed by atoms with Crippen LogP contribution < -0.4 is 5.32 Å². The smallest absolute Gasteiger partial charge is 0.245 e. The van der Waals surface area contributed by atoms with Gasteiger partial charge in [-0.05, 0) is 30.0 Å². The lowest BCUT2D eigenvalue weighted by atomic mass is 10.0. The first-order valence-corrected chi connectivity index (χ1v) is 7.28. The molecule has 1 atom stereocenters. The van der Waals surface area contributed by atoms with E-state index < -0.39 is 6.04 Å². The van der Waals surface area contributed by atoms with E-state index in [1.54, 1.807) is 17.0 Å². The van der Waals surface area contributed by atoms with Gasteiger partial charge in [0.15, 0.2) is 0 Å². The van der Waals surface area contributed by atoms with Crippen LogP contribution in [-0.4, -0.2) is 29.3 Å². The van der Waals surface area contributed by atoms with E-state index >= 15 is 0 Å². The largest absolute Gasteiger partial charge is 0.344 e. The summed E-state index contributed by atoms with van der Waals surface area (Å²) in [5.41, 5.74) is 0.863. The van der Waals surface area contributed by atoms with Gasteiger partial charge in [-0.15, -0.1) is 0 Å². The van der Waals surface area contributed by atoms with E-state index in [0.717, 1.165) is 5.56 Å². The highest BCUT2D eigenvalue weighted by Gasteiger charge is 2.30. The molecule has 21 heavy (non-hydrogen) atoms. The predicted molar refractivity (Wildman–Crippen MR) is 77.8 cm³/mol. The molecule has 1 heterocycles. The fourth-order valence-electron chi connectivity index (χ4n) is 2.49. The molecule has 0 aromatic heterocycles. The Morgan fingerprint density at radius 2 is 1.95 bits per heavy atom. The highest BCUT2D eigenvalue weighted by atomic mass is 19.1. The summed E-state index contributed by atoms with van der Waals surface area (Å²) in [5, 5.41) is 2.79. The van der Waals surface area contributed by atoms with Gasteiger partial charge in [0, 0.05) is 19.5 Å². The molecule has 1 aromatic carbocycles. The lowest BCUT2D eigenvalue weighted by molar-refractivity contribution is -0.134. The number of nitrogens with zero attached hydrogens (tertiary/aromatic N) is 1. The number of carbonyl (C=O) groups excluding carboxylic acids is 2. The van der Waals surface area contributed by atoms with Gasteiger partial charge in [0.05, 0.1) is 0 Å². The number of hydrogen-bond acceptors (Lipinski definition) is 2. The van der Waals surface area contributed by atoms with Crippen LogP contribution >= 0.6 is 0 Å². The minimum atomic E-state index is -0.458. The van der Waals surface area contributed by atoms with Crippen molar-refractivity contribution < 1.29 is 14.0 Å². The Bertz CT molecular complexity index is 514. The molecule has 1 aromatic rings. The van der Waals surface area contributed by atoms with Gasteiger partial charge in [0.2, 0.25) is 11.8 Å². The highest BCUT2D eigenvalue weighted by Crippen LogP contribution is 2.15. The maximum absolute atomic E-state index is 12.9. The molecule has 1 unspecified atom stereocenters. The van der Waals surface area contributed by atoms with Crippen LogP contribution in [0.1, 0.15) is 32.3 Å². The SMILES string of the molecule is CC(C)CC1NC(=O)CCN(Cc2ccc(F)cc2)C1=O. The highest BCUT2D eigenvalue weighted by molar-refractivity contribution is 5.89. The van der Waals surface area contributed by atoms with Crippen molar-refractivity contribution in [2.75, 3.05) is 6.54 Å². The van der Waals surface area contributed by atoms with Gasteiger partial charge in [-0.3, -0.25) is 9.59 Å². The summed E-state index contributed by atoms with van der Waals surface area (Å²) in [4.78, 5) is 25.9. The number of amides is 2. The van der Waals surface area contributed by atoms with Crippen molar-refractivity contribution in [1.29, 1.82) is 0 Å². The molecule has 0 spiro atoms. The van der Waals surface area contributed by atoms with Crippen molar-refractivity contribution in [1.82, 2.24) is 10.2 Å². The number of halogens is 1. The average molecular weight is 292 g/mol. The monoisotopic (exact) mass is 292 g/mol. The van der Waals surface area contributed by atoms with Crippen molar-refractivity contribution >= 4 is 11.8 Å². The minimum absolute atomic E-state index is 0.0566. The van der Waals surface area contributed by atoms with Crippen LogP contribution in [0.5, 0.6) is 0 Å². The molecule has 1 saturated heterocycles. The molecule has 0 bridgehead atoms. The third kappa shape index (κ3) is 4.28.